The lowest BCUT2D eigenvalue weighted by Crippen LogP contribution is -2.55. The van der Waals surface area contributed by atoms with Gasteiger partial charge >= 0.3 is 0 Å². The van der Waals surface area contributed by atoms with E-state index in [2.05, 4.69) is 82.0 Å². The van der Waals surface area contributed by atoms with E-state index in [-0.39, 0.29) is 11.9 Å². The summed E-state index contributed by atoms with van der Waals surface area (Å²) in [4.78, 5) is 43.5. The average Bonchev–Trinajstić information content (AvgIpc) is 4.04. The van der Waals surface area contributed by atoms with Gasteiger partial charge in [0.1, 0.15) is 29.5 Å². The predicted octanol–water partition coefficient (Wildman–Crippen LogP) is 8.30. The minimum atomic E-state index is -0.233. The number of aldehydes is 1. The number of methoxy groups -OCH3 is 1. The molecule has 7 rings (SSSR count). The molecule has 64 heavy (non-hydrogen) atoms. The van der Waals surface area contributed by atoms with E-state index in [1.165, 1.54) is 12.8 Å². The third-order valence-corrected chi connectivity index (χ3v) is 13.7. The number of hydrogen-bond acceptors (Lipinski definition) is 12. The van der Waals surface area contributed by atoms with E-state index in [4.69, 9.17) is 14.5 Å². The van der Waals surface area contributed by atoms with Crippen molar-refractivity contribution in [3.63, 3.8) is 0 Å². The van der Waals surface area contributed by atoms with Gasteiger partial charge in [-0.25, -0.2) is 9.67 Å². The van der Waals surface area contributed by atoms with E-state index in [0.29, 0.717) is 67.6 Å². The van der Waals surface area contributed by atoms with Crippen molar-refractivity contribution in [2.24, 2.45) is 0 Å². The second kappa shape index (κ2) is 22.0. The summed E-state index contributed by atoms with van der Waals surface area (Å²) in [5.74, 6) is 8.60. The number of hydrogen-bond donors (Lipinski definition) is 1. The fourth-order valence-electron chi connectivity index (χ4n) is 9.69. The van der Waals surface area contributed by atoms with Crippen LogP contribution < -0.4 is 19.9 Å². The fourth-order valence-corrected chi connectivity index (χ4v) is 9.69. The molecule has 1 amide bonds. The second-order valence-corrected chi connectivity index (χ2v) is 17.8. The molecule has 1 unspecified atom stereocenters. The Kier molecular flexibility index (Phi) is 16.0. The number of carbonyl (C=O) groups is 2. The highest BCUT2D eigenvalue weighted by Crippen LogP contribution is 2.41. The zero-order valence-electron chi connectivity index (χ0n) is 39.1. The lowest BCUT2D eigenvalue weighted by atomic mass is 9.90. The molecule has 342 valence electrons. The minimum Gasteiger partial charge on any atom is -0.495 e. The number of aromatic nitrogens is 5. The van der Waals surface area contributed by atoms with Gasteiger partial charge in [0.05, 0.1) is 44.4 Å². The van der Waals surface area contributed by atoms with Crippen LogP contribution in [0.4, 0.5) is 23.1 Å². The molecule has 2 atom stereocenters. The molecule has 2 aromatic heterocycles. The third kappa shape index (κ3) is 10.8. The van der Waals surface area contributed by atoms with Crippen LogP contribution in [-0.4, -0.2) is 119 Å². The van der Waals surface area contributed by atoms with Gasteiger partial charge in [0.25, 0.3) is 0 Å². The molecule has 2 saturated carbocycles. The second-order valence-electron chi connectivity index (χ2n) is 17.8. The molecular weight excluding hydrogens is 805 g/mol. The average molecular weight is 873 g/mol. The number of anilines is 4. The number of benzene rings is 2. The highest BCUT2D eigenvalue weighted by atomic mass is 16.5. The summed E-state index contributed by atoms with van der Waals surface area (Å²) >= 11 is 0. The number of nitrogens with zero attached hydrogens (tertiary/aromatic N) is 9. The molecule has 2 aromatic carbocycles. The minimum absolute atomic E-state index is 0.0963. The first-order valence-electron chi connectivity index (χ1n) is 23.5. The Balaban J connectivity index is 0.882. The van der Waals surface area contributed by atoms with Gasteiger partial charge in [0.15, 0.2) is 5.82 Å². The number of fused-ring (bicyclic) bond motifs is 1. The van der Waals surface area contributed by atoms with E-state index in [9.17, 15) is 9.59 Å². The van der Waals surface area contributed by atoms with Crippen LogP contribution in [0.5, 0.6) is 5.75 Å². The third-order valence-electron chi connectivity index (χ3n) is 13.7. The molecule has 1 N–H and O–H groups in total. The maximum Gasteiger partial charge on any atom is 0.249 e. The maximum atomic E-state index is 13.3. The van der Waals surface area contributed by atoms with Crippen LogP contribution in [0.25, 0.3) is 11.3 Å². The van der Waals surface area contributed by atoms with Crippen molar-refractivity contribution < 1.29 is 19.1 Å². The van der Waals surface area contributed by atoms with Crippen molar-refractivity contribution in [3.8, 4) is 28.8 Å². The van der Waals surface area contributed by atoms with E-state index in [0.717, 1.165) is 110 Å². The SMILES string of the molecule is CCCC(C)N(C)Cc1c(C#CCCOCCN(C)C2CCC(n3cc(-c4ccc(Nc5ncc6c(n5)N(C5CCCC5)[C@H](CC)C(=O)N6C)c(OC)c4)nn3)CC2)cccc1C=O. The van der Waals surface area contributed by atoms with Gasteiger partial charge in [0.2, 0.25) is 11.9 Å². The van der Waals surface area contributed by atoms with E-state index in [1.54, 1.807) is 18.2 Å². The van der Waals surface area contributed by atoms with Gasteiger partial charge in [-0.2, -0.15) is 4.98 Å². The maximum absolute atomic E-state index is 13.3. The molecule has 0 bridgehead atoms. The molecule has 0 radical (unpaired) electrons. The number of nitrogens with one attached hydrogen (secondary N) is 1. The van der Waals surface area contributed by atoms with Gasteiger partial charge in [-0.05, 0) is 96.1 Å². The van der Waals surface area contributed by atoms with E-state index >= 15 is 0 Å². The summed E-state index contributed by atoms with van der Waals surface area (Å²) in [6, 6.07) is 13.0. The molecule has 1 aliphatic heterocycles. The molecule has 2 fully saturated rings. The molecule has 3 aliphatic rings. The molecule has 3 heterocycles. The zero-order valence-corrected chi connectivity index (χ0v) is 39.1. The smallest absolute Gasteiger partial charge is 0.249 e. The largest absolute Gasteiger partial charge is 0.495 e. The van der Waals surface area contributed by atoms with Gasteiger partial charge in [-0.15, -0.1) is 5.10 Å². The summed E-state index contributed by atoms with van der Waals surface area (Å²) in [6.07, 6.45) is 17.0. The molecule has 14 heteroatoms. The van der Waals surface area contributed by atoms with Crippen molar-refractivity contribution in [3.05, 3.63) is 65.5 Å². The number of ether oxygens (including phenoxy) is 2. The van der Waals surface area contributed by atoms with Crippen LogP contribution in [0.1, 0.15) is 125 Å². The van der Waals surface area contributed by atoms with E-state index in [1.807, 2.05) is 54.3 Å². The summed E-state index contributed by atoms with van der Waals surface area (Å²) in [5, 5.41) is 12.5. The molecule has 14 nitrogen and oxygen atoms in total. The van der Waals surface area contributed by atoms with Crippen LogP contribution >= 0.6 is 0 Å². The summed E-state index contributed by atoms with van der Waals surface area (Å²) in [6.45, 7) is 9.31. The first-order chi connectivity index (χ1) is 31.1. The first kappa shape index (κ1) is 46.6. The van der Waals surface area contributed by atoms with Crippen LogP contribution in [0.2, 0.25) is 0 Å². The molecule has 0 spiro atoms. The summed E-state index contributed by atoms with van der Waals surface area (Å²) in [7, 11) is 7.78. The quantitative estimate of drug-likeness (QED) is 0.0552. The Morgan fingerprint density at radius 1 is 1.03 bits per heavy atom. The lowest BCUT2D eigenvalue weighted by Gasteiger charge is -2.43. The fraction of sp³-hybridized carbons (Fsp3) is 0.560. The Hall–Kier alpha value is -5.36. The predicted molar refractivity (Wildman–Crippen MR) is 253 cm³/mol. The molecule has 4 aromatic rings. The van der Waals surface area contributed by atoms with Crippen molar-refractivity contribution in [1.29, 1.82) is 0 Å². The van der Waals surface area contributed by atoms with Gasteiger partial charge in [-0.3, -0.25) is 14.5 Å². The van der Waals surface area contributed by atoms with Crippen LogP contribution in [-0.2, 0) is 16.1 Å². The van der Waals surface area contributed by atoms with Gasteiger partial charge in [0, 0.05) is 61.4 Å². The zero-order chi connectivity index (χ0) is 45.2. The van der Waals surface area contributed by atoms with Crippen molar-refractivity contribution >= 4 is 35.3 Å². The Labute approximate surface area is 380 Å². The van der Waals surface area contributed by atoms with Crippen molar-refractivity contribution in [1.82, 2.24) is 34.8 Å². The monoisotopic (exact) mass is 873 g/mol. The van der Waals surface area contributed by atoms with Gasteiger partial charge < -0.3 is 29.5 Å². The van der Waals surface area contributed by atoms with Crippen molar-refractivity contribution in [2.75, 3.05) is 63.1 Å². The molecular formula is C50H68N10O4. The topological polar surface area (TPSA) is 134 Å². The first-order valence-corrected chi connectivity index (χ1v) is 23.5. The Morgan fingerprint density at radius 2 is 1.83 bits per heavy atom. The highest BCUT2D eigenvalue weighted by molar-refractivity contribution is 6.04. The number of likely N-dealkylation sites (N-methyl/N-ethyl adjacent to an activating group) is 2. The Morgan fingerprint density at radius 3 is 2.56 bits per heavy atom. The number of rotatable bonds is 19. The Bertz CT molecular complexity index is 2260. The van der Waals surface area contributed by atoms with Gasteiger partial charge in [-0.1, -0.05) is 68.4 Å². The highest BCUT2D eigenvalue weighted by Gasteiger charge is 2.41. The van der Waals surface area contributed by atoms with Crippen LogP contribution in [0.3, 0.4) is 0 Å². The summed E-state index contributed by atoms with van der Waals surface area (Å²) in [5.41, 5.74) is 5.81. The number of carbonyl (C=O) groups excluding carboxylic acids is 2. The lowest BCUT2D eigenvalue weighted by molar-refractivity contribution is -0.120. The standard InChI is InChI=1S/C50H68N10O4/c1-8-15-35(3)57(5)32-42-36(17-14-18-38(42)34-61)16-12-13-28-64-29-27-56(4)39-22-24-40(25-23-39)59-33-44(54-55-59)37-21-26-43(47(30-37)63-7)52-50-51-31-46-48(53-50)60(41-19-10-11-20-41)45(9-2)49(62)58(46)6/h14,17-18,21,26,30-31,33-35,39-41,45H,8-11,13,15,19-20,22-25,27-29,32H2,1-7H3,(H,51,52,53)/t35?,39?,40?,45-/m1/s1. The molecule has 2 aliphatic carbocycles. The normalized spacial score (nSPS) is 19.5. The van der Waals surface area contributed by atoms with E-state index < -0.39 is 0 Å². The number of amides is 1. The van der Waals surface area contributed by atoms with Crippen LogP contribution in [0.15, 0.2) is 48.8 Å². The molecule has 0 saturated heterocycles. The summed E-state index contributed by atoms with van der Waals surface area (Å²) < 4.78 is 13.9. The van der Waals surface area contributed by atoms with Crippen molar-refractivity contribution in [2.45, 2.75) is 135 Å². The van der Waals surface area contributed by atoms with Crippen LogP contribution in [0, 0.1) is 11.8 Å².